The SMILES string of the molecule is O=C(/C1=C/CCCCCC1)c1cccc(F)c1Cl. The second kappa shape index (κ2) is 6.14. The van der Waals surface area contributed by atoms with E-state index in [0.29, 0.717) is 0 Å². The molecule has 1 aromatic rings. The van der Waals surface area contributed by atoms with Gasteiger partial charge in [0.15, 0.2) is 5.78 Å². The fourth-order valence-electron chi connectivity index (χ4n) is 2.25. The minimum absolute atomic E-state index is 0.0644. The van der Waals surface area contributed by atoms with Gasteiger partial charge in [0.2, 0.25) is 0 Å². The highest BCUT2D eigenvalue weighted by Gasteiger charge is 2.17. The van der Waals surface area contributed by atoms with E-state index in [2.05, 4.69) is 0 Å². The molecule has 0 fully saturated rings. The van der Waals surface area contributed by atoms with E-state index in [1.165, 1.54) is 18.6 Å². The van der Waals surface area contributed by atoms with Crippen molar-refractivity contribution in [3.05, 3.63) is 46.3 Å². The number of benzene rings is 1. The molecule has 0 N–H and O–H groups in total. The van der Waals surface area contributed by atoms with Crippen LogP contribution < -0.4 is 0 Å². The van der Waals surface area contributed by atoms with Crippen LogP contribution in [-0.2, 0) is 0 Å². The minimum atomic E-state index is -0.533. The average Bonchev–Trinajstić information content (AvgIpc) is 2.31. The van der Waals surface area contributed by atoms with E-state index in [4.69, 9.17) is 11.6 Å². The van der Waals surface area contributed by atoms with Crippen molar-refractivity contribution in [3.8, 4) is 0 Å². The van der Waals surface area contributed by atoms with Crippen molar-refractivity contribution in [1.82, 2.24) is 0 Å². The molecule has 1 nitrogen and oxygen atoms in total. The van der Waals surface area contributed by atoms with Gasteiger partial charge in [-0.25, -0.2) is 4.39 Å². The van der Waals surface area contributed by atoms with Crippen LogP contribution in [0.1, 0.15) is 48.9 Å². The van der Waals surface area contributed by atoms with Crippen LogP contribution in [0.4, 0.5) is 4.39 Å². The lowest BCUT2D eigenvalue weighted by molar-refractivity contribution is 0.102. The monoisotopic (exact) mass is 266 g/mol. The third-order valence-corrected chi connectivity index (χ3v) is 3.66. The van der Waals surface area contributed by atoms with Crippen LogP contribution in [0.2, 0.25) is 5.02 Å². The van der Waals surface area contributed by atoms with E-state index in [-0.39, 0.29) is 16.4 Å². The molecule has 0 heterocycles. The van der Waals surface area contributed by atoms with Gasteiger partial charge in [0.25, 0.3) is 0 Å². The molecule has 18 heavy (non-hydrogen) atoms. The topological polar surface area (TPSA) is 17.1 Å². The number of ketones is 1. The highest BCUT2D eigenvalue weighted by molar-refractivity contribution is 6.35. The fourth-order valence-corrected chi connectivity index (χ4v) is 2.46. The lowest BCUT2D eigenvalue weighted by Crippen LogP contribution is -2.06. The zero-order valence-electron chi connectivity index (χ0n) is 10.2. The second-order valence-corrected chi connectivity index (χ2v) is 4.99. The molecule has 0 atom stereocenters. The van der Waals surface area contributed by atoms with E-state index >= 15 is 0 Å². The Kier molecular flexibility index (Phi) is 4.54. The van der Waals surface area contributed by atoms with Gasteiger partial charge in [-0.2, -0.15) is 0 Å². The molecule has 0 unspecified atom stereocenters. The zero-order valence-corrected chi connectivity index (χ0v) is 11.0. The molecule has 3 heteroatoms. The first-order chi connectivity index (χ1) is 8.70. The van der Waals surface area contributed by atoms with Crippen molar-refractivity contribution < 1.29 is 9.18 Å². The Labute approximate surface area is 112 Å². The van der Waals surface area contributed by atoms with Crippen LogP contribution >= 0.6 is 11.6 Å². The van der Waals surface area contributed by atoms with E-state index in [1.54, 1.807) is 6.07 Å². The molecule has 2 rings (SSSR count). The number of allylic oxidation sites excluding steroid dienone is 2. The van der Waals surface area contributed by atoms with Crippen molar-refractivity contribution in [2.24, 2.45) is 0 Å². The predicted molar refractivity (Wildman–Crippen MR) is 71.5 cm³/mol. The van der Waals surface area contributed by atoms with Gasteiger partial charge in [-0.15, -0.1) is 0 Å². The third-order valence-electron chi connectivity index (χ3n) is 3.28. The van der Waals surface area contributed by atoms with E-state index < -0.39 is 5.82 Å². The Morgan fingerprint density at radius 1 is 1.17 bits per heavy atom. The highest BCUT2D eigenvalue weighted by Crippen LogP contribution is 2.26. The molecule has 0 saturated heterocycles. The summed E-state index contributed by atoms with van der Waals surface area (Å²) in [4.78, 5) is 12.3. The summed E-state index contributed by atoms with van der Waals surface area (Å²) in [5.74, 6) is -0.657. The van der Waals surface area contributed by atoms with Gasteiger partial charge in [0.1, 0.15) is 5.82 Å². The van der Waals surface area contributed by atoms with Crippen LogP contribution in [0.25, 0.3) is 0 Å². The molecule has 0 radical (unpaired) electrons. The average molecular weight is 267 g/mol. The van der Waals surface area contributed by atoms with Gasteiger partial charge < -0.3 is 0 Å². The van der Waals surface area contributed by atoms with Gasteiger partial charge in [0, 0.05) is 5.56 Å². The normalized spacial score (nSPS) is 19.6. The quantitative estimate of drug-likeness (QED) is 0.693. The Balaban J connectivity index is 2.26. The van der Waals surface area contributed by atoms with Gasteiger partial charge in [-0.3, -0.25) is 4.79 Å². The lowest BCUT2D eigenvalue weighted by atomic mass is 9.94. The molecule has 1 aliphatic carbocycles. The summed E-state index contributed by atoms with van der Waals surface area (Å²) in [6, 6.07) is 4.39. The zero-order chi connectivity index (χ0) is 13.0. The van der Waals surface area contributed by atoms with Crippen LogP contribution in [0.5, 0.6) is 0 Å². The molecule has 0 amide bonds. The van der Waals surface area contributed by atoms with Gasteiger partial charge in [-0.05, 0) is 43.4 Å². The van der Waals surface area contributed by atoms with Crippen molar-refractivity contribution in [3.63, 3.8) is 0 Å². The van der Waals surface area contributed by atoms with Crippen LogP contribution in [-0.4, -0.2) is 5.78 Å². The first-order valence-electron chi connectivity index (χ1n) is 6.38. The highest BCUT2D eigenvalue weighted by atomic mass is 35.5. The molecular weight excluding hydrogens is 251 g/mol. The summed E-state index contributed by atoms with van der Waals surface area (Å²) in [5, 5.41) is -0.0644. The van der Waals surface area contributed by atoms with E-state index in [9.17, 15) is 9.18 Å². The molecule has 1 aliphatic rings. The van der Waals surface area contributed by atoms with Crippen LogP contribution in [0.3, 0.4) is 0 Å². The number of carbonyl (C=O) groups is 1. The number of halogens is 2. The molecular formula is C15H16ClFO. The molecule has 0 spiro atoms. The fraction of sp³-hybridized carbons (Fsp3) is 0.400. The molecule has 0 saturated carbocycles. The number of hydrogen-bond donors (Lipinski definition) is 0. The Morgan fingerprint density at radius 2 is 1.94 bits per heavy atom. The smallest absolute Gasteiger partial charge is 0.190 e. The summed E-state index contributed by atoms with van der Waals surface area (Å²) in [5.41, 5.74) is 1.06. The Hall–Kier alpha value is -1.15. The van der Waals surface area contributed by atoms with Gasteiger partial charge >= 0.3 is 0 Å². The maximum atomic E-state index is 13.3. The number of rotatable bonds is 2. The van der Waals surface area contributed by atoms with Crippen molar-refractivity contribution >= 4 is 17.4 Å². The van der Waals surface area contributed by atoms with Crippen LogP contribution in [0, 0.1) is 5.82 Å². The molecule has 0 aliphatic heterocycles. The molecule has 0 bridgehead atoms. The van der Waals surface area contributed by atoms with Crippen molar-refractivity contribution in [2.45, 2.75) is 38.5 Å². The summed E-state index contributed by atoms with van der Waals surface area (Å²) >= 11 is 5.86. The standard InChI is InChI=1S/C15H16ClFO/c16-14-12(9-6-10-13(14)17)15(18)11-7-4-2-1-3-5-8-11/h6-7,9-10H,1-5,8H2/b11-7+. The second-order valence-electron chi connectivity index (χ2n) is 4.61. The first-order valence-corrected chi connectivity index (χ1v) is 6.75. The first kappa shape index (κ1) is 13.3. The summed E-state index contributed by atoms with van der Waals surface area (Å²) < 4.78 is 13.3. The van der Waals surface area contributed by atoms with Crippen molar-refractivity contribution in [2.75, 3.05) is 0 Å². The summed E-state index contributed by atoms with van der Waals surface area (Å²) in [6.45, 7) is 0. The van der Waals surface area contributed by atoms with E-state index in [1.807, 2.05) is 6.08 Å². The third kappa shape index (κ3) is 2.99. The van der Waals surface area contributed by atoms with Gasteiger partial charge in [0.05, 0.1) is 5.02 Å². The predicted octanol–water partition coefficient (Wildman–Crippen LogP) is 4.94. The van der Waals surface area contributed by atoms with E-state index in [0.717, 1.165) is 37.7 Å². The molecule has 0 aromatic heterocycles. The Morgan fingerprint density at radius 3 is 2.78 bits per heavy atom. The summed E-state index contributed by atoms with van der Waals surface area (Å²) in [7, 11) is 0. The summed E-state index contributed by atoms with van der Waals surface area (Å²) in [6.07, 6.45) is 8.20. The van der Waals surface area contributed by atoms with Crippen molar-refractivity contribution in [1.29, 1.82) is 0 Å². The largest absolute Gasteiger partial charge is 0.289 e. The maximum Gasteiger partial charge on any atom is 0.190 e. The maximum absolute atomic E-state index is 13.3. The number of hydrogen-bond acceptors (Lipinski definition) is 1. The Bertz CT molecular complexity index is 479. The van der Waals surface area contributed by atoms with Crippen LogP contribution in [0.15, 0.2) is 29.8 Å². The molecule has 1 aromatic carbocycles. The number of carbonyl (C=O) groups excluding carboxylic acids is 1. The molecule has 96 valence electrons. The van der Waals surface area contributed by atoms with Gasteiger partial charge in [-0.1, -0.05) is 36.6 Å². The minimum Gasteiger partial charge on any atom is -0.289 e. The number of Topliss-reactive ketones (excluding diaryl/α,β-unsaturated/α-hetero) is 1. The lowest BCUT2D eigenvalue weighted by Gasteiger charge is -2.11.